The van der Waals surface area contributed by atoms with Gasteiger partial charge in [0.2, 0.25) is 0 Å². The van der Waals surface area contributed by atoms with E-state index in [-0.39, 0.29) is 29.6 Å². The SMILES string of the molecule is CCCCCc1ccc(OC(CC)CS(=O)(=O)[O-])cc1CCCCC.[Na+]. The molecule has 144 valence electrons. The molecular formula is C20H33NaO4S. The predicted molar refractivity (Wildman–Crippen MR) is 102 cm³/mol. The van der Waals surface area contributed by atoms with Crippen molar-refractivity contribution < 1.29 is 47.3 Å². The van der Waals surface area contributed by atoms with Gasteiger partial charge in [-0.25, -0.2) is 8.42 Å². The van der Waals surface area contributed by atoms with Crippen LogP contribution in [0.25, 0.3) is 0 Å². The van der Waals surface area contributed by atoms with Gasteiger partial charge in [-0.1, -0.05) is 52.5 Å². The standard InChI is InChI=1S/C20H34O4S.Na/c1-4-7-9-11-17-13-14-20(15-18(17)12-10-8-5-2)24-19(6-3)16-25(21,22)23;/h13-15,19H,4-12,16H2,1-3H3,(H,21,22,23);/q;+1/p-1. The molecule has 0 N–H and O–H groups in total. The molecule has 0 aliphatic rings. The number of benzene rings is 1. The molecule has 0 saturated carbocycles. The summed E-state index contributed by atoms with van der Waals surface area (Å²) in [7, 11) is -4.28. The molecule has 0 bridgehead atoms. The first-order chi connectivity index (χ1) is 11.9. The van der Waals surface area contributed by atoms with E-state index >= 15 is 0 Å². The molecule has 0 heterocycles. The summed E-state index contributed by atoms with van der Waals surface area (Å²) < 4.78 is 38.8. The molecule has 1 atom stereocenters. The first-order valence-electron chi connectivity index (χ1n) is 9.61. The summed E-state index contributed by atoms with van der Waals surface area (Å²) in [6.45, 7) is 6.22. The van der Waals surface area contributed by atoms with Crippen molar-refractivity contribution in [1.82, 2.24) is 0 Å². The molecule has 26 heavy (non-hydrogen) atoms. The average Bonchev–Trinajstić information content (AvgIpc) is 2.55. The van der Waals surface area contributed by atoms with Crippen LogP contribution in [0, 0.1) is 0 Å². The molecule has 0 amide bonds. The Balaban J connectivity index is 0.00000625. The predicted octanol–water partition coefficient (Wildman–Crippen LogP) is 1.86. The third-order valence-corrected chi connectivity index (χ3v) is 5.21. The van der Waals surface area contributed by atoms with Crippen LogP contribution in [0.5, 0.6) is 5.75 Å². The van der Waals surface area contributed by atoms with Crippen molar-refractivity contribution in [3.8, 4) is 5.75 Å². The van der Waals surface area contributed by atoms with Crippen molar-refractivity contribution in [3.63, 3.8) is 0 Å². The van der Waals surface area contributed by atoms with Gasteiger partial charge in [-0.05, 0) is 55.4 Å². The second kappa shape index (κ2) is 14.0. The average molecular weight is 393 g/mol. The minimum atomic E-state index is -4.28. The first-order valence-corrected chi connectivity index (χ1v) is 11.2. The summed E-state index contributed by atoms with van der Waals surface area (Å²) >= 11 is 0. The van der Waals surface area contributed by atoms with Gasteiger partial charge in [0, 0.05) is 0 Å². The summed E-state index contributed by atoms with van der Waals surface area (Å²) in [5, 5.41) is 0. The van der Waals surface area contributed by atoms with Crippen molar-refractivity contribution in [2.24, 2.45) is 0 Å². The van der Waals surface area contributed by atoms with Gasteiger partial charge in [-0.15, -0.1) is 0 Å². The van der Waals surface area contributed by atoms with Gasteiger partial charge in [0.25, 0.3) is 0 Å². The van der Waals surface area contributed by atoms with Gasteiger partial charge >= 0.3 is 29.6 Å². The molecule has 0 fully saturated rings. The largest absolute Gasteiger partial charge is 1.00 e. The van der Waals surface area contributed by atoms with Crippen LogP contribution in [0.15, 0.2) is 18.2 Å². The maximum Gasteiger partial charge on any atom is 1.00 e. The number of rotatable bonds is 13. The van der Waals surface area contributed by atoms with Crippen molar-refractivity contribution in [2.75, 3.05) is 5.75 Å². The van der Waals surface area contributed by atoms with Crippen molar-refractivity contribution in [2.45, 2.75) is 84.7 Å². The fraction of sp³-hybridized carbons (Fsp3) is 0.700. The van der Waals surface area contributed by atoms with E-state index in [1.165, 1.54) is 43.2 Å². The molecule has 0 saturated heterocycles. The van der Waals surface area contributed by atoms with Crippen molar-refractivity contribution in [1.29, 1.82) is 0 Å². The second-order valence-electron chi connectivity index (χ2n) is 6.72. The molecule has 0 aliphatic carbocycles. The molecule has 1 unspecified atom stereocenters. The Kier molecular flexibility index (Phi) is 14.0. The Morgan fingerprint density at radius 1 is 0.962 bits per heavy atom. The topological polar surface area (TPSA) is 66.4 Å². The Bertz CT molecular complexity index is 602. The summed E-state index contributed by atoms with van der Waals surface area (Å²) in [5.41, 5.74) is 2.66. The minimum Gasteiger partial charge on any atom is -0.748 e. The van der Waals surface area contributed by atoms with Gasteiger partial charge < -0.3 is 9.29 Å². The van der Waals surface area contributed by atoms with E-state index in [1.54, 1.807) is 0 Å². The van der Waals surface area contributed by atoms with E-state index < -0.39 is 22.0 Å². The van der Waals surface area contributed by atoms with Crippen LogP contribution in [0.2, 0.25) is 0 Å². The molecule has 1 aromatic rings. The maximum atomic E-state index is 11.0. The number of unbranched alkanes of at least 4 members (excludes halogenated alkanes) is 4. The van der Waals surface area contributed by atoms with E-state index in [9.17, 15) is 13.0 Å². The third kappa shape index (κ3) is 10.9. The van der Waals surface area contributed by atoms with Crippen LogP contribution in [0.4, 0.5) is 0 Å². The van der Waals surface area contributed by atoms with Crippen LogP contribution < -0.4 is 34.3 Å². The van der Waals surface area contributed by atoms with Crippen LogP contribution in [-0.4, -0.2) is 24.8 Å². The zero-order valence-corrected chi connectivity index (χ0v) is 19.7. The van der Waals surface area contributed by atoms with Crippen LogP contribution in [0.1, 0.15) is 76.8 Å². The smallest absolute Gasteiger partial charge is 0.748 e. The molecule has 0 radical (unpaired) electrons. The van der Waals surface area contributed by atoms with E-state index in [2.05, 4.69) is 19.9 Å². The molecule has 1 rings (SSSR count). The quantitative estimate of drug-likeness (QED) is 0.292. The molecule has 0 spiro atoms. The third-order valence-electron chi connectivity index (χ3n) is 4.43. The summed E-state index contributed by atoms with van der Waals surface area (Å²) in [5.74, 6) is 0.189. The second-order valence-corrected chi connectivity index (χ2v) is 8.17. The Hall–Kier alpha value is -0.0700. The molecule has 0 aliphatic heterocycles. The Morgan fingerprint density at radius 2 is 1.54 bits per heavy atom. The Labute approximate surface area is 182 Å². The maximum absolute atomic E-state index is 11.0. The van der Waals surface area contributed by atoms with Gasteiger partial charge in [-0.2, -0.15) is 0 Å². The zero-order valence-electron chi connectivity index (χ0n) is 16.9. The fourth-order valence-corrected chi connectivity index (χ4v) is 3.70. The zero-order chi connectivity index (χ0) is 18.7. The molecule has 0 aromatic heterocycles. The van der Waals surface area contributed by atoms with Crippen LogP contribution >= 0.6 is 0 Å². The monoisotopic (exact) mass is 392 g/mol. The normalized spacial score (nSPS) is 12.5. The number of aryl methyl sites for hydroxylation is 2. The summed E-state index contributed by atoms with van der Waals surface area (Å²) in [4.78, 5) is 0. The minimum absolute atomic E-state index is 0. The van der Waals surface area contributed by atoms with E-state index in [1.807, 2.05) is 19.1 Å². The molecule has 6 heteroatoms. The first kappa shape index (κ1) is 25.9. The molecule has 1 aromatic carbocycles. The fourth-order valence-electron chi connectivity index (χ4n) is 2.94. The van der Waals surface area contributed by atoms with Crippen molar-refractivity contribution >= 4 is 10.1 Å². The van der Waals surface area contributed by atoms with Crippen LogP contribution in [-0.2, 0) is 23.0 Å². The summed E-state index contributed by atoms with van der Waals surface area (Å²) in [6, 6.07) is 6.05. The molecular weight excluding hydrogens is 359 g/mol. The summed E-state index contributed by atoms with van der Waals surface area (Å²) in [6.07, 6.45) is 9.13. The van der Waals surface area contributed by atoms with Crippen LogP contribution in [0.3, 0.4) is 0 Å². The number of ether oxygens (including phenoxy) is 1. The van der Waals surface area contributed by atoms with Crippen molar-refractivity contribution in [3.05, 3.63) is 29.3 Å². The number of hydrogen-bond acceptors (Lipinski definition) is 4. The number of hydrogen-bond donors (Lipinski definition) is 0. The van der Waals surface area contributed by atoms with Gasteiger partial charge in [0.15, 0.2) is 0 Å². The molecule has 4 nitrogen and oxygen atoms in total. The van der Waals surface area contributed by atoms with Gasteiger partial charge in [-0.3, -0.25) is 0 Å². The van der Waals surface area contributed by atoms with E-state index in [4.69, 9.17) is 4.74 Å². The van der Waals surface area contributed by atoms with Gasteiger partial charge in [0.1, 0.15) is 11.9 Å². The van der Waals surface area contributed by atoms with Gasteiger partial charge in [0.05, 0.1) is 15.9 Å². The van der Waals surface area contributed by atoms with E-state index in [0.717, 1.165) is 19.3 Å². The Morgan fingerprint density at radius 3 is 2.04 bits per heavy atom. The van der Waals surface area contributed by atoms with E-state index in [0.29, 0.717) is 12.2 Å².